The van der Waals surface area contributed by atoms with Crippen LogP contribution in [0.1, 0.15) is 30.5 Å². The lowest BCUT2D eigenvalue weighted by Gasteiger charge is -2.11. The summed E-state index contributed by atoms with van der Waals surface area (Å²) in [5.74, 6) is 0.736. The minimum atomic E-state index is -0.160. The maximum absolute atomic E-state index is 12.8. The lowest BCUT2D eigenvalue weighted by Crippen LogP contribution is -2.23. The summed E-state index contributed by atoms with van der Waals surface area (Å²) >= 11 is 8.38. The van der Waals surface area contributed by atoms with Crippen LogP contribution in [0.5, 0.6) is 0 Å². The lowest BCUT2D eigenvalue weighted by atomic mass is 10.2. The molecule has 7 heteroatoms. The monoisotopic (exact) mass is 453 g/mol. The van der Waals surface area contributed by atoms with Gasteiger partial charge in [-0.1, -0.05) is 29.8 Å². The quantitative estimate of drug-likeness (QED) is 0.523. The fourth-order valence-corrected chi connectivity index (χ4v) is 3.81. The molecule has 0 spiro atoms. The Kier molecular flexibility index (Phi) is 4.79. The highest BCUT2D eigenvalue weighted by Gasteiger charge is 2.13. The van der Waals surface area contributed by atoms with Gasteiger partial charge in [0.05, 0.1) is 20.9 Å². The molecule has 0 N–H and O–H groups in total. The molecule has 4 nitrogen and oxygen atoms in total. The lowest BCUT2D eigenvalue weighted by molar-refractivity contribution is 0.665. The Bertz CT molecular complexity index is 960. The van der Waals surface area contributed by atoms with Crippen molar-refractivity contribution < 1.29 is 0 Å². The van der Waals surface area contributed by atoms with Crippen molar-refractivity contribution >= 4 is 60.3 Å². The van der Waals surface area contributed by atoms with E-state index in [1.807, 2.05) is 38.1 Å². The van der Waals surface area contributed by atoms with Crippen LogP contribution in [0.15, 0.2) is 48.5 Å². The fourth-order valence-electron chi connectivity index (χ4n) is 2.16. The third-order valence-electron chi connectivity index (χ3n) is 3.24. The molecule has 0 amide bonds. The number of rotatable bonds is 3. The average Bonchev–Trinajstić information content (AvgIpc) is 2.92. The third kappa shape index (κ3) is 3.46. The summed E-state index contributed by atoms with van der Waals surface area (Å²) in [5, 5.41) is 4.93. The van der Waals surface area contributed by atoms with Gasteiger partial charge in [0.15, 0.2) is 0 Å². The minimum Gasteiger partial charge on any atom is -0.267 e. The number of fused-ring (bicyclic) bond motifs is 1. The van der Waals surface area contributed by atoms with Crippen molar-refractivity contribution in [1.29, 1.82) is 0 Å². The van der Waals surface area contributed by atoms with Crippen molar-refractivity contribution in [2.24, 2.45) is 5.10 Å². The van der Waals surface area contributed by atoms with Crippen LogP contribution < -0.4 is 5.56 Å². The SMILES string of the molecule is CC(C)c1nc2ccc(Br)cc2c(=O)n1N=Cc1ccc(Br)s1. The Hall–Kier alpha value is -1.31. The summed E-state index contributed by atoms with van der Waals surface area (Å²) in [4.78, 5) is 18.4. The van der Waals surface area contributed by atoms with E-state index >= 15 is 0 Å². The van der Waals surface area contributed by atoms with Crippen molar-refractivity contribution in [3.05, 3.63) is 59.6 Å². The first-order valence-corrected chi connectivity index (χ1v) is 9.38. The molecule has 118 valence electrons. The molecule has 1 aromatic carbocycles. The normalized spacial score (nSPS) is 11.9. The number of hydrogen-bond acceptors (Lipinski definition) is 4. The summed E-state index contributed by atoms with van der Waals surface area (Å²) in [6.45, 7) is 4.00. The molecule has 0 aliphatic rings. The van der Waals surface area contributed by atoms with Crippen LogP contribution in [0.25, 0.3) is 10.9 Å². The second-order valence-electron chi connectivity index (χ2n) is 5.29. The third-order valence-corrected chi connectivity index (χ3v) is 5.30. The van der Waals surface area contributed by atoms with Gasteiger partial charge < -0.3 is 0 Å². The van der Waals surface area contributed by atoms with E-state index in [1.54, 1.807) is 23.6 Å². The Morgan fingerprint density at radius 3 is 2.70 bits per heavy atom. The number of hydrogen-bond donors (Lipinski definition) is 0. The van der Waals surface area contributed by atoms with Crippen molar-refractivity contribution in [3.8, 4) is 0 Å². The largest absolute Gasteiger partial charge is 0.282 e. The number of nitrogens with zero attached hydrogens (tertiary/aromatic N) is 3. The molecule has 0 radical (unpaired) electrons. The molecule has 3 aromatic rings. The van der Waals surface area contributed by atoms with Gasteiger partial charge >= 0.3 is 0 Å². The van der Waals surface area contributed by atoms with E-state index in [0.29, 0.717) is 16.7 Å². The summed E-state index contributed by atoms with van der Waals surface area (Å²) in [7, 11) is 0. The van der Waals surface area contributed by atoms with Gasteiger partial charge in [-0.05, 0) is 46.3 Å². The molecule has 3 rings (SSSR count). The smallest absolute Gasteiger partial charge is 0.267 e. The molecular weight excluding hydrogens is 442 g/mol. The van der Waals surface area contributed by atoms with Gasteiger partial charge in [0.1, 0.15) is 5.82 Å². The highest BCUT2D eigenvalue weighted by molar-refractivity contribution is 9.11. The molecule has 2 heterocycles. The Balaban J connectivity index is 2.20. The molecule has 0 unspecified atom stereocenters. The maximum atomic E-state index is 12.8. The van der Waals surface area contributed by atoms with E-state index in [9.17, 15) is 4.79 Å². The van der Waals surface area contributed by atoms with Crippen LogP contribution in [0.3, 0.4) is 0 Å². The summed E-state index contributed by atoms with van der Waals surface area (Å²) in [6, 6.07) is 9.41. The predicted octanol–water partition coefficient (Wildman–Crippen LogP) is 4.99. The molecule has 0 bridgehead atoms. The zero-order valence-electron chi connectivity index (χ0n) is 12.5. The van der Waals surface area contributed by atoms with E-state index in [4.69, 9.17) is 0 Å². The molecule has 0 aliphatic carbocycles. The zero-order chi connectivity index (χ0) is 16.6. The molecule has 0 aliphatic heterocycles. The van der Waals surface area contributed by atoms with E-state index < -0.39 is 0 Å². The number of thiophene rings is 1. The van der Waals surface area contributed by atoms with Crippen molar-refractivity contribution in [2.45, 2.75) is 19.8 Å². The van der Waals surface area contributed by atoms with Gasteiger partial charge in [0.25, 0.3) is 5.56 Å². The van der Waals surface area contributed by atoms with Crippen molar-refractivity contribution in [1.82, 2.24) is 9.66 Å². The standard InChI is InChI=1S/C16H13Br2N3OS/c1-9(2)15-20-13-5-3-10(17)7-12(13)16(22)21(15)19-8-11-4-6-14(18)23-11/h3-9H,1-2H3. The first kappa shape index (κ1) is 16.5. The molecule has 23 heavy (non-hydrogen) atoms. The van der Waals surface area contributed by atoms with Crippen LogP contribution in [0.2, 0.25) is 0 Å². The highest BCUT2D eigenvalue weighted by Crippen LogP contribution is 2.21. The number of halogens is 2. The minimum absolute atomic E-state index is 0.0861. The van der Waals surface area contributed by atoms with Crippen molar-refractivity contribution in [2.75, 3.05) is 0 Å². The molecular formula is C16H13Br2N3OS. The maximum Gasteiger partial charge on any atom is 0.282 e. The fraction of sp³-hybridized carbons (Fsp3) is 0.188. The first-order valence-electron chi connectivity index (χ1n) is 6.97. The molecule has 0 fully saturated rings. The summed E-state index contributed by atoms with van der Waals surface area (Å²) in [6.07, 6.45) is 1.69. The summed E-state index contributed by atoms with van der Waals surface area (Å²) in [5.41, 5.74) is 0.527. The number of aromatic nitrogens is 2. The van der Waals surface area contributed by atoms with Crippen LogP contribution >= 0.6 is 43.2 Å². The van der Waals surface area contributed by atoms with Crippen LogP contribution in [-0.4, -0.2) is 15.9 Å². The van der Waals surface area contributed by atoms with Gasteiger partial charge in [-0.25, -0.2) is 4.98 Å². The Labute approximate surface area is 154 Å². The van der Waals surface area contributed by atoms with Crippen LogP contribution in [0, 0.1) is 0 Å². The van der Waals surface area contributed by atoms with Gasteiger partial charge in [-0.3, -0.25) is 4.79 Å². The second-order valence-corrected chi connectivity index (χ2v) is 8.70. The van der Waals surface area contributed by atoms with Gasteiger partial charge in [-0.15, -0.1) is 11.3 Å². The average molecular weight is 455 g/mol. The predicted molar refractivity (Wildman–Crippen MR) is 103 cm³/mol. The molecule has 0 saturated heterocycles. The first-order chi connectivity index (χ1) is 11.0. The highest BCUT2D eigenvalue weighted by atomic mass is 79.9. The molecule has 0 atom stereocenters. The summed E-state index contributed by atoms with van der Waals surface area (Å²) < 4.78 is 3.27. The van der Waals surface area contributed by atoms with E-state index in [2.05, 4.69) is 41.9 Å². The van der Waals surface area contributed by atoms with Crippen LogP contribution in [-0.2, 0) is 0 Å². The zero-order valence-corrected chi connectivity index (χ0v) is 16.4. The Morgan fingerprint density at radius 2 is 2.04 bits per heavy atom. The van der Waals surface area contributed by atoms with E-state index in [-0.39, 0.29) is 11.5 Å². The van der Waals surface area contributed by atoms with Gasteiger partial charge in [-0.2, -0.15) is 9.78 Å². The Morgan fingerprint density at radius 1 is 1.26 bits per heavy atom. The molecule has 0 saturated carbocycles. The van der Waals surface area contributed by atoms with E-state index in [0.717, 1.165) is 13.1 Å². The van der Waals surface area contributed by atoms with Crippen LogP contribution in [0.4, 0.5) is 0 Å². The molecule has 2 aromatic heterocycles. The number of benzene rings is 1. The van der Waals surface area contributed by atoms with E-state index in [1.165, 1.54) is 4.68 Å². The van der Waals surface area contributed by atoms with Crippen molar-refractivity contribution in [3.63, 3.8) is 0 Å². The van der Waals surface area contributed by atoms with Gasteiger partial charge in [0.2, 0.25) is 0 Å². The topological polar surface area (TPSA) is 47.2 Å². The second kappa shape index (κ2) is 6.67. The van der Waals surface area contributed by atoms with Gasteiger partial charge in [0, 0.05) is 15.3 Å².